The van der Waals surface area contributed by atoms with Gasteiger partial charge in [-0.25, -0.2) is 0 Å². The lowest BCUT2D eigenvalue weighted by atomic mass is 9.95. The molecule has 15 heavy (non-hydrogen) atoms. The maximum atomic E-state index is 4.18. The van der Waals surface area contributed by atoms with Crippen LogP contribution in [0.2, 0.25) is 0 Å². The minimum atomic E-state index is 0.161. The van der Waals surface area contributed by atoms with Crippen LogP contribution in [0, 0.1) is 0 Å². The van der Waals surface area contributed by atoms with Crippen LogP contribution in [0.3, 0.4) is 0 Å². The van der Waals surface area contributed by atoms with E-state index in [9.17, 15) is 0 Å². The van der Waals surface area contributed by atoms with E-state index < -0.39 is 0 Å². The number of nitrogens with zero attached hydrogens (tertiary/aromatic N) is 1. The molecule has 0 unspecified atom stereocenters. The summed E-state index contributed by atoms with van der Waals surface area (Å²) in [5.41, 5.74) is 2.27. The molecule has 84 valence electrons. The van der Waals surface area contributed by atoms with Gasteiger partial charge in [0.05, 0.1) is 23.8 Å². The lowest BCUT2D eigenvalue weighted by molar-refractivity contribution is 0.478. The molecule has 0 bridgehead atoms. The number of rotatable bonds is 5. The molecule has 3 heteroatoms. The quantitative estimate of drug-likeness (QED) is 0.779. The van der Waals surface area contributed by atoms with Crippen molar-refractivity contribution in [1.82, 2.24) is 4.98 Å². The highest BCUT2D eigenvalue weighted by atomic mass is 15.0. The van der Waals surface area contributed by atoms with Gasteiger partial charge in [0.2, 0.25) is 0 Å². The molecule has 0 saturated heterocycles. The van der Waals surface area contributed by atoms with E-state index in [0.717, 1.165) is 24.2 Å². The molecule has 1 aromatic rings. The Kier molecular flexibility index (Phi) is 3.95. The number of pyridine rings is 1. The van der Waals surface area contributed by atoms with Gasteiger partial charge in [-0.3, -0.25) is 4.98 Å². The first-order valence-electron chi connectivity index (χ1n) is 5.54. The summed E-state index contributed by atoms with van der Waals surface area (Å²) in [6.07, 6.45) is 5.89. The topological polar surface area (TPSA) is 37.0 Å². The normalized spacial score (nSPS) is 11.2. The molecule has 1 aromatic heterocycles. The van der Waals surface area contributed by atoms with Gasteiger partial charge in [0.1, 0.15) is 0 Å². The first-order valence-corrected chi connectivity index (χ1v) is 5.54. The van der Waals surface area contributed by atoms with Gasteiger partial charge in [0.25, 0.3) is 0 Å². The molecule has 0 aliphatic heterocycles. The zero-order valence-electron chi connectivity index (χ0n) is 10.1. The maximum Gasteiger partial charge on any atom is 0.0551 e. The van der Waals surface area contributed by atoms with E-state index in [-0.39, 0.29) is 5.54 Å². The monoisotopic (exact) mass is 207 g/mol. The first kappa shape index (κ1) is 11.8. The molecule has 0 saturated carbocycles. The molecule has 1 rings (SSSR count). The number of aromatic nitrogens is 1. The molecular formula is C12H21N3. The summed E-state index contributed by atoms with van der Waals surface area (Å²) in [4.78, 5) is 4.18. The molecule has 0 atom stereocenters. The third-order valence-electron chi connectivity index (χ3n) is 3.03. The summed E-state index contributed by atoms with van der Waals surface area (Å²) in [6.45, 7) is 6.64. The van der Waals surface area contributed by atoms with Crippen LogP contribution in [0.1, 0.15) is 33.6 Å². The second kappa shape index (κ2) is 5.01. The Labute approximate surface area is 92.3 Å². The lowest BCUT2D eigenvalue weighted by Crippen LogP contribution is -2.32. The van der Waals surface area contributed by atoms with Crippen molar-refractivity contribution in [1.29, 1.82) is 0 Å². The Morgan fingerprint density at radius 1 is 1.20 bits per heavy atom. The minimum Gasteiger partial charge on any atom is -0.387 e. The third-order valence-corrected chi connectivity index (χ3v) is 3.03. The van der Waals surface area contributed by atoms with Crippen molar-refractivity contribution in [3.63, 3.8) is 0 Å². The van der Waals surface area contributed by atoms with E-state index >= 15 is 0 Å². The van der Waals surface area contributed by atoms with Gasteiger partial charge in [0, 0.05) is 12.6 Å². The number of anilines is 2. The van der Waals surface area contributed by atoms with E-state index in [1.165, 1.54) is 0 Å². The molecule has 0 aromatic carbocycles. The first-order chi connectivity index (χ1) is 7.13. The molecule has 0 fully saturated rings. The zero-order chi connectivity index (χ0) is 11.3. The molecule has 0 radical (unpaired) electrons. The van der Waals surface area contributed by atoms with Crippen LogP contribution in [0.15, 0.2) is 18.5 Å². The fourth-order valence-corrected chi connectivity index (χ4v) is 1.42. The molecule has 0 spiro atoms. The van der Waals surface area contributed by atoms with Crippen LogP contribution >= 0.6 is 0 Å². The van der Waals surface area contributed by atoms with Crippen molar-refractivity contribution in [2.24, 2.45) is 0 Å². The van der Waals surface area contributed by atoms with Crippen LogP contribution in [0.25, 0.3) is 0 Å². The van der Waals surface area contributed by atoms with Crippen molar-refractivity contribution < 1.29 is 0 Å². The van der Waals surface area contributed by atoms with Crippen LogP contribution in [0.4, 0.5) is 11.4 Å². The fourth-order valence-electron chi connectivity index (χ4n) is 1.42. The second-order valence-corrected chi connectivity index (χ2v) is 4.11. The lowest BCUT2D eigenvalue weighted by Gasteiger charge is -2.29. The van der Waals surface area contributed by atoms with Gasteiger partial charge in [0.15, 0.2) is 0 Å². The highest BCUT2D eigenvalue weighted by molar-refractivity contribution is 5.54. The smallest absolute Gasteiger partial charge is 0.0551 e. The predicted molar refractivity (Wildman–Crippen MR) is 66.4 cm³/mol. The standard InChI is InChI=1S/C12H21N3/c1-5-12(3,6-2)15-11-7-10(13-4)8-14-9-11/h7-9,13,15H,5-6H2,1-4H3. The average molecular weight is 207 g/mol. The van der Waals surface area contributed by atoms with Crippen LogP contribution < -0.4 is 10.6 Å². The summed E-state index contributed by atoms with van der Waals surface area (Å²) in [6, 6.07) is 2.08. The van der Waals surface area contributed by atoms with Crippen LogP contribution in [-0.2, 0) is 0 Å². The van der Waals surface area contributed by atoms with Crippen molar-refractivity contribution in [2.75, 3.05) is 17.7 Å². The van der Waals surface area contributed by atoms with Gasteiger partial charge in [-0.1, -0.05) is 13.8 Å². The Balaban J connectivity index is 2.79. The SMILES string of the molecule is CCC(C)(CC)Nc1cncc(NC)c1. The Hall–Kier alpha value is -1.25. The molecule has 0 aliphatic rings. The van der Waals surface area contributed by atoms with Crippen LogP contribution in [-0.4, -0.2) is 17.6 Å². The van der Waals surface area contributed by atoms with E-state index in [2.05, 4.69) is 42.5 Å². The molecule has 3 nitrogen and oxygen atoms in total. The second-order valence-electron chi connectivity index (χ2n) is 4.11. The van der Waals surface area contributed by atoms with Crippen molar-refractivity contribution in [2.45, 2.75) is 39.2 Å². The van der Waals surface area contributed by atoms with Gasteiger partial charge < -0.3 is 10.6 Å². The number of nitrogens with one attached hydrogen (secondary N) is 2. The van der Waals surface area contributed by atoms with Gasteiger partial charge in [-0.15, -0.1) is 0 Å². The highest BCUT2D eigenvalue weighted by Gasteiger charge is 2.18. The Morgan fingerprint density at radius 2 is 1.80 bits per heavy atom. The largest absolute Gasteiger partial charge is 0.387 e. The Morgan fingerprint density at radius 3 is 2.33 bits per heavy atom. The fraction of sp³-hybridized carbons (Fsp3) is 0.583. The van der Waals surface area contributed by atoms with E-state index in [1.54, 1.807) is 0 Å². The van der Waals surface area contributed by atoms with Crippen LogP contribution in [0.5, 0.6) is 0 Å². The van der Waals surface area contributed by atoms with Gasteiger partial charge >= 0.3 is 0 Å². The zero-order valence-corrected chi connectivity index (χ0v) is 10.1. The summed E-state index contributed by atoms with van der Waals surface area (Å²) in [7, 11) is 1.90. The van der Waals surface area contributed by atoms with E-state index in [0.29, 0.717) is 0 Å². The summed E-state index contributed by atoms with van der Waals surface area (Å²) in [5.74, 6) is 0. The number of hydrogen-bond donors (Lipinski definition) is 2. The maximum absolute atomic E-state index is 4.18. The predicted octanol–water partition coefficient (Wildman–Crippen LogP) is 3.11. The van der Waals surface area contributed by atoms with Gasteiger partial charge in [-0.2, -0.15) is 0 Å². The highest BCUT2D eigenvalue weighted by Crippen LogP contribution is 2.22. The van der Waals surface area contributed by atoms with Crippen molar-refractivity contribution in [3.05, 3.63) is 18.5 Å². The molecular weight excluding hydrogens is 186 g/mol. The molecule has 0 aliphatic carbocycles. The van der Waals surface area contributed by atoms with E-state index in [4.69, 9.17) is 0 Å². The third kappa shape index (κ3) is 3.11. The van der Waals surface area contributed by atoms with E-state index in [1.807, 2.05) is 19.4 Å². The average Bonchev–Trinajstić information content (AvgIpc) is 2.29. The van der Waals surface area contributed by atoms with Gasteiger partial charge in [-0.05, 0) is 25.8 Å². The molecule has 0 amide bonds. The molecule has 1 heterocycles. The van der Waals surface area contributed by atoms with Crippen molar-refractivity contribution >= 4 is 11.4 Å². The number of hydrogen-bond acceptors (Lipinski definition) is 3. The summed E-state index contributed by atoms with van der Waals surface area (Å²) in [5, 5.41) is 6.61. The van der Waals surface area contributed by atoms with Crippen molar-refractivity contribution in [3.8, 4) is 0 Å². The Bertz CT molecular complexity index is 305. The minimum absolute atomic E-state index is 0.161. The molecule has 2 N–H and O–H groups in total. The summed E-state index contributed by atoms with van der Waals surface area (Å²) >= 11 is 0. The summed E-state index contributed by atoms with van der Waals surface area (Å²) < 4.78 is 0.